The first-order valence-corrected chi connectivity index (χ1v) is 9.01. The van der Waals surface area contributed by atoms with Crippen LogP contribution in [0, 0.1) is 0 Å². The molecule has 0 aliphatic heterocycles. The molecule has 0 saturated heterocycles. The van der Waals surface area contributed by atoms with Gasteiger partial charge < -0.3 is 10.1 Å². The Balaban J connectivity index is 2.41. The third-order valence-electron chi connectivity index (χ3n) is 3.98. The van der Waals surface area contributed by atoms with Crippen molar-refractivity contribution in [3.63, 3.8) is 0 Å². The summed E-state index contributed by atoms with van der Waals surface area (Å²) in [5, 5.41) is 0.862. The van der Waals surface area contributed by atoms with Crippen LogP contribution in [0.4, 0.5) is 35.7 Å². The van der Waals surface area contributed by atoms with Crippen LogP contribution in [0.3, 0.4) is 0 Å². The number of halogens is 7. The number of thiophene rings is 1. The van der Waals surface area contributed by atoms with Crippen LogP contribution in [0.5, 0.6) is 0 Å². The molecule has 0 unspecified atom stereocenters. The van der Waals surface area contributed by atoms with Crippen LogP contribution >= 0.6 is 11.3 Å². The summed E-state index contributed by atoms with van der Waals surface area (Å²) in [5.74, 6) is -16.5. The molecular weight excluding hydrogens is 419 g/mol. The molecule has 0 bridgehead atoms. The van der Waals surface area contributed by atoms with Gasteiger partial charge in [0.05, 0.1) is 11.7 Å². The molecule has 0 fully saturated rings. The van der Waals surface area contributed by atoms with Gasteiger partial charge in [-0.3, -0.25) is 4.79 Å². The van der Waals surface area contributed by atoms with Crippen molar-refractivity contribution in [2.75, 3.05) is 5.32 Å². The van der Waals surface area contributed by atoms with Gasteiger partial charge in [-0.05, 0) is 45.1 Å². The average molecular weight is 435 g/mol. The number of anilines is 1. The van der Waals surface area contributed by atoms with E-state index in [1.807, 2.05) is 0 Å². The third-order valence-corrected chi connectivity index (χ3v) is 5.19. The molecule has 0 aromatic carbocycles. The number of aryl methyl sites for hydroxylation is 1. The normalized spacial score (nSPS) is 15.4. The Morgan fingerprint density at radius 3 is 2.14 bits per heavy atom. The molecule has 1 amide bonds. The molecule has 1 N–H and O–H groups in total. The summed E-state index contributed by atoms with van der Waals surface area (Å²) in [7, 11) is 0. The Bertz CT molecular complexity index is 771. The lowest BCUT2D eigenvalue weighted by Crippen LogP contribution is -2.57. The first-order valence-electron chi connectivity index (χ1n) is 8.19. The van der Waals surface area contributed by atoms with Crippen molar-refractivity contribution in [1.82, 2.24) is 0 Å². The molecule has 0 radical (unpaired) electrons. The Morgan fingerprint density at radius 2 is 1.61 bits per heavy atom. The fourth-order valence-electron chi connectivity index (χ4n) is 2.65. The summed E-state index contributed by atoms with van der Waals surface area (Å²) >= 11 is 0.688. The number of carbonyl (C=O) groups excluding carboxylic acids is 2. The van der Waals surface area contributed by atoms with Crippen LogP contribution in [0.2, 0.25) is 0 Å². The minimum atomic E-state index is -6.64. The quantitative estimate of drug-likeness (QED) is 0.525. The maximum absolute atomic E-state index is 13.6. The maximum atomic E-state index is 13.6. The maximum Gasteiger partial charge on any atom is 0.460 e. The predicted molar refractivity (Wildman–Crippen MR) is 86.1 cm³/mol. The Kier molecular flexibility index (Phi) is 6.03. The van der Waals surface area contributed by atoms with Crippen LogP contribution in [-0.4, -0.2) is 36.0 Å². The number of amides is 1. The number of carbonyl (C=O) groups is 2. The van der Waals surface area contributed by atoms with Crippen LogP contribution in [0.25, 0.3) is 0 Å². The van der Waals surface area contributed by atoms with Crippen LogP contribution in [-0.2, 0) is 22.4 Å². The molecule has 2 rings (SSSR count). The molecule has 0 spiro atoms. The first kappa shape index (κ1) is 22.4. The van der Waals surface area contributed by atoms with Gasteiger partial charge in [0.2, 0.25) is 0 Å². The molecule has 4 nitrogen and oxygen atoms in total. The number of hydrogen-bond acceptors (Lipinski definition) is 4. The van der Waals surface area contributed by atoms with Gasteiger partial charge >= 0.3 is 29.9 Å². The monoisotopic (exact) mass is 435 g/mol. The van der Waals surface area contributed by atoms with Crippen molar-refractivity contribution < 1.29 is 45.1 Å². The van der Waals surface area contributed by atoms with Crippen LogP contribution in [0.1, 0.15) is 47.5 Å². The Hall–Kier alpha value is -1.85. The number of rotatable bonds is 5. The standard InChI is InChI=1S/C16H16F7NO3S/c1-7(2)27-12(25)10-8-5-3-4-6-9(8)28-11(10)24-13(26)14(17,18)15(19,20)16(21,22)23/h7H,3-6H2,1-2H3,(H,24,26). The summed E-state index contributed by atoms with van der Waals surface area (Å²) in [6.07, 6.45) is -5.07. The molecule has 1 aromatic rings. The summed E-state index contributed by atoms with van der Waals surface area (Å²) < 4.78 is 95.3. The van der Waals surface area contributed by atoms with Gasteiger partial charge in [-0.15, -0.1) is 11.3 Å². The summed E-state index contributed by atoms with van der Waals surface area (Å²) in [5.41, 5.74) is 0.135. The number of fused-ring (bicyclic) bond motifs is 1. The summed E-state index contributed by atoms with van der Waals surface area (Å²) in [4.78, 5) is 24.5. The van der Waals surface area contributed by atoms with E-state index in [9.17, 15) is 40.3 Å². The van der Waals surface area contributed by atoms with Crippen molar-refractivity contribution in [2.45, 2.75) is 63.7 Å². The van der Waals surface area contributed by atoms with Crippen molar-refractivity contribution in [2.24, 2.45) is 0 Å². The number of esters is 1. The number of ether oxygens (including phenoxy) is 1. The number of alkyl halides is 7. The zero-order valence-corrected chi connectivity index (χ0v) is 15.5. The minimum Gasteiger partial charge on any atom is -0.459 e. The van der Waals surface area contributed by atoms with E-state index in [2.05, 4.69) is 0 Å². The largest absolute Gasteiger partial charge is 0.460 e. The third kappa shape index (κ3) is 3.96. The topological polar surface area (TPSA) is 55.4 Å². The minimum absolute atomic E-state index is 0.284. The smallest absolute Gasteiger partial charge is 0.459 e. The highest BCUT2D eigenvalue weighted by Crippen LogP contribution is 2.47. The molecule has 28 heavy (non-hydrogen) atoms. The highest BCUT2D eigenvalue weighted by Gasteiger charge is 2.76. The molecular formula is C16H16F7NO3S. The van der Waals surface area contributed by atoms with Crippen LogP contribution in [0.15, 0.2) is 0 Å². The highest BCUT2D eigenvalue weighted by atomic mass is 32.1. The van der Waals surface area contributed by atoms with Gasteiger partial charge in [0.15, 0.2) is 0 Å². The van der Waals surface area contributed by atoms with Crippen LogP contribution < -0.4 is 5.32 Å². The molecule has 1 heterocycles. The summed E-state index contributed by atoms with van der Waals surface area (Å²) in [6, 6.07) is 0. The van der Waals surface area contributed by atoms with Gasteiger partial charge in [-0.1, -0.05) is 0 Å². The molecule has 1 aliphatic rings. The average Bonchev–Trinajstić information content (AvgIpc) is 2.90. The van der Waals surface area contributed by atoms with E-state index in [0.717, 1.165) is 0 Å². The van der Waals surface area contributed by atoms with E-state index < -0.39 is 41.0 Å². The van der Waals surface area contributed by atoms with E-state index in [-0.39, 0.29) is 5.56 Å². The number of hydrogen-bond donors (Lipinski definition) is 1. The molecule has 158 valence electrons. The van der Waals surface area contributed by atoms with Crippen molar-refractivity contribution in [3.8, 4) is 0 Å². The van der Waals surface area contributed by atoms with E-state index in [0.29, 0.717) is 47.5 Å². The highest BCUT2D eigenvalue weighted by molar-refractivity contribution is 7.17. The molecule has 0 atom stereocenters. The molecule has 0 saturated carbocycles. The molecule has 1 aliphatic carbocycles. The lowest BCUT2D eigenvalue weighted by atomic mass is 9.95. The fraction of sp³-hybridized carbons (Fsp3) is 0.625. The van der Waals surface area contributed by atoms with E-state index in [1.54, 1.807) is 0 Å². The Morgan fingerprint density at radius 1 is 1.04 bits per heavy atom. The van der Waals surface area contributed by atoms with Gasteiger partial charge in [0.1, 0.15) is 5.00 Å². The second-order valence-corrected chi connectivity index (χ2v) is 7.57. The molecule has 12 heteroatoms. The van der Waals surface area contributed by atoms with Gasteiger partial charge in [0, 0.05) is 4.88 Å². The zero-order chi connectivity index (χ0) is 21.5. The van der Waals surface area contributed by atoms with E-state index in [1.165, 1.54) is 19.2 Å². The van der Waals surface area contributed by atoms with Gasteiger partial charge in [-0.25, -0.2) is 4.79 Å². The zero-order valence-electron chi connectivity index (χ0n) is 14.7. The SMILES string of the molecule is CC(C)OC(=O)c1c(NC(=O)C(F)(F)C(F)(F)C(F)(F)F)sc2c1CCCC2. The van der Waals surface area contributed by atoms with E-state index >= 15 is 0 Å². The lowest BCUT2D eigenvalue weighted by Gasteiger charge is -2.27. The van der Waals surface area contributed by atoms with Crippen molar-refractivity contribution in [1.29, 1.82) is 0 Å². The van der Waals surface area contributed by atoms with Crippen molar-refractivity contribution >= 4 is 28.2 Å². The van der Waals surface area contributed by atoms with Crippen molar-refractivity contribution in [3.05, 3.63) is 16.0 Å². The van der Waals surface area contributed by atoms with E-state index in [4.69, 9.17) is 4.74 Å². The van der Waals surface area contributed by atoms with Gasteiger partial charge in [-0.2, -0.15) is 30.7 Å². The molecule has 1 aromatic heterocycles. The van der Waals surface area contributed by atoms with Gasteiger partial charge in [0.25, 0.3) is 0 Å². The fourth-order valence-corrected chi connectivity index (χ4v) is 3.92. The second kappa shape index (κ2) is 7.53. The number of nitrogens with one attached hydrogen (secondary N) is 1. The summed E-state index contributed by atoms with van der Waals surface area (Å²) in [6.45, 7) is 3.01. The Labute approximate surface area is 159 Å². The lowest BCUT2D eigenvalue weighted by molar-refractivity contribution is -0.343. The predicted octanol–water partition coefficient (Wildman–Crippen LogP) is 4.96. The first-order chi connectivity index (χ1) is 12.7. The second-order valence-electron chi connectivity index (χ2n) is 6.47.